The van der Waals surface area contributed by atoms with Crippen LogP contribution in [-0.4, -0.2) is 37.2 Å². The number of piperidine rings is 1. The summed E-state index contributed by atoms with van der Waals surface area (Å²) in [6, 6.07) is 0.333. The van der Waals surface area contributed by atoms with Crippen molar-refractivity contribution in [1.29, 1.82) is 0 Å². The number of carbonyl (C=O) groups excluding carboxylic acids is 1. The zero-order chi connectivity index (χ0) is 12.1. The van der Waals surface area contributed by atoms with Crippen LogP contribution in [0.5, 0.6) is 0 Å². The second-order valence-electron chi connectivity index (χ2n) is 5.30. The summed E-state index contributed by atoms with van der Waals surface area (Å²) in [4.78, 5) is 11.8. The molecule has 2 heterocycles. The Kier molecular flexibility index (Phi) is 4.80. The van der Waals surface area contributed by atoms with E-state index in [2.05, 4.69) is 17.6 Å². The minimum Gasteiger partial charge on any atom is -0.375 e. The number of hydrogen-bond donors (Lipinski definition) is 2. The van der Waals surface area contributed by atoms with Gasteiger partial charge < -0.3 is 15.4 Å². The molecule has 4 heteroatoms. The van der Waals surface area contributed by atoms with Crippen LogP contribution >= 0.6 is 0 Å². The molecule has 2 fully saturated rings. The average Bonchev–Trinajstić information content (AvgIpc) is 2.74. The van der Waals surface area contributed by atoms with E-state index in [1.807, 2.05) is 0 Å². The first kappa shape index (κ1) is 12.8. The number of carbonyl (C=O) groups is 1. The minimum absolute atomic E-state index is 0.182. The first-order valence-electron chi connectivity index (χ1n) is 6.89. The van der Waals surface area contributed by atoms with Crippen molar-refractivity contribution in [1.82, 2.24) is 10.6 Å². The largest absolute Gasteiger partial charge is 0.375 e. The molecule has 0 aromatic rings. The molecule has 17 heavy (non-hydrogen) atoms. The summed E-state index contributed by atoms with van der Waals surface area (Å²) in [7, 11) is 0. The van der Waals surface area contributed by atoms with Gasteiger partial charge in [0.2, 0.25) is 5.91 Å². The van der Waals surface area contributed by atoms with Crippen LogP contribution in [-0.2, 0) is 9.53 Å². The van der Waals surface area contributed by atoms with Crippen LogP contribution in [0, 0.1) is 0 Å². The maximum atomic E-state index is 11.8. The Labute approximate surface area is 103 Å². The molecule has 0 aliphatic carbocycles. The van der Waals surface area contributed by atoms with E-state index in [0.29, 0.717) is 24.7 Å². The zero-order valence-electron chi connectivity index (χ0n) is 10.7. The Morgan fingerprint density at radius 2 is 2.29 bits per heavy atom. The van der Waals surface area contributed by atoms with Gasteiger partial charge in [-0.05, 0) is 45.6 Å². The maximum absolute atomic E-state index is 11.8. The van der Waals surface area contributed by atoms with Gasteiger partial charge in [0.15, 0.2) is 0 Å². The second kappa shape index (κ2) is 6.36. The topological polar surface area (TPSA) is 50.4 Å². The van der Waals surface area contributed by atoms with Gasteiger partial charge in [-0.25, -0.2) is 0 Å². The van der Waals surface area contributed by atoms with Crippen molar-refractivity contribution >= 4 is 5.91 Å². The molecule has 98 valence electrons. The van der Waals surface area contributed by atoms with Crippen molar-refractivity contribution < 1.29 is 9.53 Å². The minimum atomic E-state index is 0.182. The molecule has 0 bridgehead atoms. The third kappa shape index (κ3) is 4.28. The molecule has 0 saturated carbocycles. The second-order valence-corrected chi connectivity index (χ2v) is 5.30. The van der Waals surface area contributed by atoms with Gasteiger partial charge in [0, 0.05) is 19.0 Å². The molecule has 4 nitrogen and oxygen atoms in total. The van der Waals surface area contributed by atoms with Crippen LogP contribution < -0.4 is 10.6 Å². The summed E-state index contributed by atoms with van der Waals surface area (Å²) in [6.07, 6.45) is 6.68. The third-order valence-corrected chi connectivity index (χ3v) is 3.68. The standard InChI is InChI=1S/C13H24N2O2/c1-10-4-5-12(17-10)6-7-13(16)15-11-3-2-8-14-9-11/h10-12,14H,2-9H2,1H3,(H,15,16). The first-order chi connectivity index (χ1) is 8.24. The van der Waals surface area contributed by atoms with Crippen LogP contribution in [0.15, 0.2) is 0 Å². The fourth-order valence-electron chi connectivity index (χ4n) is 2.66. The summed E-state index contributed by atoms with van der Waals surface area (Å²) >= 11 is 0. The molecule has 2 saturated heterocycles. The van der Waals surface area contributed by atoms with Gasteiger partial charge >= 0.3 is 0 Å². The lowest BCUT2D eigenvalue weighted by molar-refractivity contribution is -0.122. The number of hydrogen-bond acceptors (Lipinski definition) is 3. The van der Waals surface area contributed by atoms with Crippen molar-refractivity contribution in [3.8, 4) is 0 Å². The zero-order valence-corrected chi connectivity index (χ0v) is 10.7. The molecule has 1 amide bonds. The molecule has 0 radical (unpaired) electrons. The summed E-state index contributed by atoms with van der Waals surface area (Å²) < 4.78 is 5.71. The van der Waals surface area contributed by atoms with Gasteiger partial charge in [0.25, 0.3) is 0 Å². The van der Waals surface area contributed by atoms with Crippen molar-refractivity contribution in [2.24, 2.45) is 0 Å². The molecule has 2 rings (SSSR count). The molecule has 0 aromatic heterocycles. The summed E-state index contributed by atoms with van der Waals surface area (Å²) in [6.45, 7) is 4.11. The van der Waals surface area contributed by atoms with Crippen LogP contribution in [0.3, 0.4) is 0 Å². The van der Waals surface area contributed by atoms with Gasteiger partial charge in [-0.2, -0.15) is 0 Å². The maximum Gasteiger partial charge on any atom is 0.220 e. The van der Waals surface area contributed by atoms with Crippen molar-refractivity contribution in [3.63, 3.8) is 0 Å². The Bertz CT molecular complexity index is 252. The predicted molar refractivity (Wildman–Crippen MR) is 66.8 cm³/mol. The molecule has 0 spiro atoms. The van der Waals surface area contributed by atoms with Gasteiger partial charge in [0.05, 0.1) is 12.2 Å². The Hall–Kier alpha value is -0.610. The highest BCUT2D eigenvalue weighted by molar-refractivity contribution is 5.76. The van der Waals surface area contributed by atoms with Crippen molar-refractivity contribution in [2.75, 3.05) is 13.1 Å². The molecule has 0 aromatic carbocycles. The van der Waals surface area contributed by atoms with Crippen LogP contribution in [0.4, 0.5) is 0 Å². The molecular formula is C13H24N2O2. The monoisotopic (exact) mass is 240 g/mol. The Balaban J connectivity index is 1.60. The van der Waals surface area contributed by atoms with E-state index in [0.717, 1.165) is 45.2 Å². The molecule has 3 atom stereocenters. The summed E-state index contributed by atoms with van der Waals surface area (Å²) in [5.74, 6) is 0.182. The first-order valence-corrected chi connectivity index (χ1v) is 6.89. The molecule has 2 aliphatic heterocycles. The third-order valence-electron chi connectivity index (χ3n) is 3.68. The molecule has 2 aliphatic rings. The van der Waals surface area contributed by atoms with E-state index in [9.17, 15) is 4.79 Å². The Morgan fingerprint density at radius 1 is 1.41 bits per heavy atom. The van der Waals surface area contributed by atoms with E-state index in [4.69, 9.17) is 4.74 Å². The normalized spacial score (nSPS) is 33.6. The van der Waals surface area contributed by atoms with Gasteiger partial charge in [0.1, 0.15) is 0 Å². The lowest BCUT2D eigenvalue weighted by Gasteiger charge is -2.24. The highest BCUT2D eigenvalue weighted by Crippen LogP contribution is 2.22. The number of amides is 1. The molecule has 3 unspecified atom stereocenters. The number of ether oxygens (including phenoxy) is 1. The van der Waals surface area contributed by atoms with E-state index in [1.54, 1.807) is 0 Å². The van der Waals surface area contributed by atoms with E-state index in [1.165, 1.54) is 0 Å². The predicted octanol–water partition coefficient (Wildman–Crippen LogP) is 1.20. The quantitative estimate of drug-likeness (QED) is 0.776. The Morgan fingerprint density at radius 3 is 2.94 bits per heavy atom. The van der Waals surface area contributed by atoms with Crippen LogP contribution in [0.25, 0.3) is 0 Å². The number of nitrogens with one attached hydrogen (secondary N) is 2. The van der Waals surface area contributed by atoms with Gasteiger partial charge in [-0.15, -0.1) is 0 Å². The van der Waals surface area contributed by atoms with Crippen molar-refractivity contribution in [2.45, 2.75) is 63.7 Å². The molecule has 2 N–H and O–H groups in total. The van der Waals surface area contributed by atoms with Crippen LogP contribution in [0.2, 0.25) is 0 Å². The fraction of sp³-hybridized carbons (Fsp3) is 0.923. The lowest BCUT2D eigenvalue weighted by Crippen LogP contribution is -2.45. The fourth-order valence-corrected chi connectivity index (χ4v) is 2.66. The summed E-state index contributed by atoms with van der Waals surface area (Å²) in [5.41, 5.74) is 0. The SMILES string of the molecule is CC1CCC(CCC(=O)NC2CCCNC2)O1. The average molecular weight is 240 g/mol. The van der Waals surface area contributed by atoms with Crippen LogP contribution in [0.1, 0.15) is 45.4 Å². The van der Waals surface area contributed by atoms with Crippen molar-refractivity contribution in [3.05, 3.63) is 0 Å². The highest BCUT2D eigenvalue weighted by Gasteiger charge is 2.23. The van der Waals surface area contributed by atoms with E-state index >= 15 is 0 Å². The van der Waals surface area contributed by atoms with Gasteiger partial charge in [-0.1, -0.05) is 0 Å². The lowest BCUT2D eigenvalue weighted by atomic mass is 10.1. The van der Waals surface area contributed by atoms with E-state index in [-0.39, 0.29) is 5.91 Å². The number of rotatable bonds is 4. The van der Waals surface area contributed by atoms with E-state index < -0.39 is 0 Å². The molecular weight excluding hydrogens is 216 g/mol. The smallest absolute Gasteiger partial charge is 0.220 e. The highest BCUT2D eigenvalue weighted by atomic mass is 16.5. The van der Waals surface area contributed by atoms with Gasteiger partial charge in [-0.3, -0.25) is 4.79 Å². The summed E-state index contributed by atoms with van der Waals surface area (Å²) in [5, 5.41) is 6.40.